The highest BCUT2D eigenvalue weighted by Crippen LogP contribution is 2.20. The van der Waals surface area contributed by atoms with E-state index in [1.54, 1.807) is 29.8 Å². The van der Waals surface area contributed by atoms with Gasteiger partial charge >= 0.3 is 0 Å². The van der Waals surface area contributed by atoms with Crippen LogP contribution in [0.5, 0.6) is 0 Å². The van der Waals surface area contributed by atoms with E-state index < -0.39 is 10.0 Å². The summed E-state index contributed by atoms with van der Waals surface area (Å²) in [5.74, 6) is 1.64. The molecule has 0 bridgehead atoms. The van der Waals surface area contributed by atoms with Gasteiger partial charge in [0.05, 0.1) is 4.90 Å². The van der Waals surface area contributed by atoms with E-state index in [1.807, 2.05) is 16.7 Å². The number of aryl methyl sites for hydroxylation is 1. The normalized spacial score (nSPS) is 15.9. The Balaban J connectivity index is 1.49. The van der Waals surface area contributed by atoms with Gasteiger partial charge in [0.15, 0.2) is 5.96 Å². The lowest BCUT2D eigenvalue weighted by molar-refractivity contribution is 0.346. The topological polar surface area (TPSA) is 105 Å². The van der Waals surface area contributed by atoms with Crippen LogP contribution in [-0.4, -0.2) is 60.1 Å². The third kappa shape index (κ3) is 5.57. The van der Waals surface area contributed by atoms with E-state index in [0.717, 1.165) is 43.6 Å². The quantitative estimate of drug-likeness (QED) is 0.481. The van der Waals surface area contributed by atoms with Gasteiger partial charge in [0.25, 0.3) is 0 Å². The van der Waals surface area contributed by atoms with Crippen molar-refractivity contribution in [1.29, 1.82) is 0 Å². The van der Waals surface area contributed by atoms with Crippen molar-refractivity contribution in [1.82, 2.24) is 29.7 Å². The molecule has 9 nitrogen and oxygen atoms in total. The Morgan fingerprint density at radius 2 is 1.87 bits per heavy atom. The molecule has 1 aromatic carbocycles. The van der Waals surface area contributed by atoms with Crippen molar-refractivity contribution in [2.24, 2.45) is 4.99 Å². The van der Waals surface area contributed by atoms with Crippen LogP contribution in [0.15, 0.2) is 40.5 Å². The Labute approximate surface area is 178 Å². The van der Waals surface area contributed by atoms with E-state index in [4.69, 9.17) is 0 Å². The molecule has 0 amide bonds. The lowest BCUT2D eigenvalue weighted by Crippen LogP contribution is -2.38. The zero-order valence-electron chi connectivity index (χ0n) is 17.7. The predicted molar refractivity (Wildman–Crippen MR) is 117 cm³/mol. The molecule has 1 aromatic heterocycles. The molecule has 30 heavy (non-hydrogen) atoms. The summed E-state index contributed by atoms with van der Waals surface area (Å²) in [4.78, 5) is 4.59. The zero-order valence-corrected chi connectivity index (χ0v) is 18.5. The number of benzene rings is 1. The number of sulfonamides is 1. The molecule has 0 spiro atoms. The van der Waals surface area contributed by atoms with Crippen molar-refractivity contribution in [3.63, 3.8) is 0 Å². The van der Waals surface area contributed by atoms with Crippen LogP contribution in [0.1, 0.15) is 37.6 Å². The fraction of sp³-hybridized carbons (Fsp3) is 0.550. The van der Waals surface area contributed by atoms with E-state index in [1.165, 1.54) is 0 Å². The van der Waals surface area contributed by atoms with Crippen LogP contribution in [-0.2, 0) is 29.5 Å². The molecular formula is C20H31N7O2S. The average Bonchev–Trinajstić information content (AvgIpc) is 3.24. The molecule has 2 heterocycles. The number of hydrogen-bond acceptors (Lipinski definition) is 5. The summed E-state index contributed by atoms with van der Waals surface area (Å²) < 4.78 is 29.1. The second-order valence-corrected chi connectivity index (χ2v) is 9.19. The van der Waals surface area contributed by atoms with Crippen LogP contribution in [0, 0.1) is 0 Å². The maximum absolute atomic E-state index is 12.7. The number of aromatic nitrogens is 3. The third-order valence-electron chi connectivity index (χ3n) is 5.22. The zero-order chi connectivity index (χ0) is 21.4. The van der Waals surface area contributed by atoms with Gasteiger partial charge in [-0.05, 0) is 30.5 Å². The molecule has 1 saturated heterocycles. The maximum Gasteiger partial charge on any atom is 0.243 e. The third-order valence-corrected chi connectivity index (χ3v) is 7.13. The number of guanidine groups is 1. The van der Waals surface area contributed by atoms with Crippen LogP contribution in [0.2, 0.25) is 0 Å². The molecule has 0 saturated carbocycles. The fourth-order valence-corrected chi connectivity index (χ4v) is 4.99. The van der Waals surface area contributed by atoms with Gasteiger partial charge in [0.2, 0.25) is 10.0 Å². The summed E-state index contributed by atoms with van der Waals surface area (Å²) in [6.07, 6.45) is 5.55. The first kappa shape index (κ1) is 22.2. The maximum atomic E-state index is 12.7. The van der Waals surface area contributed by atoms with Gasteiger partial charge in [0.1, 0.15) is 12.2 Å². The Morgan fingerprint density at radius 3 is 2.53 bits per heavy atom. The van der Waals surface area contributed by atoms with E-state index in [-0.39, 0.29) is 0 Å². The fourth-order valence-electron chi connectivity index (χ4n) is 3.47. The number of piperidine rings is 1. The molecule has 10 heteroatoms. The van der Waals surface area contributed by atoms with Gasteiger partial charge in [-0.3, -0.25) is 4.99 Å². The van der Waals surface area contributed by atoms with E-state index in [2.05, 4.69) is 32.7 Å². The van der Waals surface area contributed by atoms with Gasteiger partial charge in [-0.15, -0.1) is 10.2 Å². The van der Waals surface area contributed by atoms with Crippen LogP contribution >= 0.6 is 0 Å². The van der Waals surface area contributed by atoms with Crippen LogP contribution in [0.4, 0.5) is 0 Å². The Hall–Kier alpha value is -2.46. The summed E-state index contributed by atoms with van der Waals surface area (Å²) in [5.41, 5.74) is 0.989. The first-order valence-electron chi connectivity index (χ1n) is 10.4. The summed E-state index contributed by atoms with van der Waals surface area (Å²) in [6.45, 7) is 5.27. The second-order valence-electron chi connectivity index (χ2n) is 7.26. The molecule has 3 rings (SSSR count). The lowest BCUT2D eigenvalue weighted by atomic mass is 10.2. The van der Waals surface area contributed by atoms with Crippen molar-refractivity contribution in [2.75, 3.05) is 26.7 Å². The molecule has 0 unspecified atom stereocenters. The van der Waals surface area contributed by atoms with Crippen LogP contribution in [0.3, 0.4) is 0 Å². The van der Waals surface area contributed by atoms with Gasteiger partial charge in [-0.25, -0.2) is 8.42 Å². The molecule has 2 N–H and O–H groups in total. The molecular weight excluding hydrogens is 402 g/mol. The minimum Gasteiger partial charge on any atom is -0.355 e. The van der Waals surface area contributed by atoms with Crippen molar-refractivity contribution < 1.29 is 8.42 Å². The number of nitrogens with zero attached hydrogens (tertiary/aromatic N) is 5. The van der Waals surface area contributed by atoms with Gasteiger partial charge in [-0.2, -0.15) is 4.31 Å². The molecule has 0 atom stereocenters. The number of rotatable bonds is 8. The predicted octanol–water partition coefficient (Wildman–Crippen LogP) is 1.38. The summed E-state index contributed by atoms with van der Waals surface area (Å²) in [5, 5.41) is 14.5. The van der Waals surface area contributed by atoms with Gasteiger partial charge in [0, 0.05) is 46.2 Å². The molecule has 1 aliphatic heterocycles. The van der Waals surface area contributed by atoms with Crippen molar-refractivity contribution in [3.8, 4) is 0 Å². The Kier molecular flexibility index (Phi) is 7.81. The summed E-state index contributed by atoms with van der Waals surface area (Å²) >= 11 is 0. The van der Waals surface area contributed by atoms with Crippen molar-refractivity contribution >= 4 is 16.0 Å². The SMILES string of the molecule is CCc1nncn1CCNC(=NC)NCc1ccc(S(=O)(=O)N2CCCCC2)cc1. The summed E-state index contributed by atoms with van der Waals surface area (Å²) in [6, 6.07) is 7.08. The smallest absolute Gasteiger partial charge is 0.243 e. The Morgan fingerprint density at radius 1 is 1.13 bits per heavy atom. The molecule has 1 fully saturated rings. The van der Waals surface area contributed by atoms with Gasteiger partial charge in [-0.1, -0.05) is 25.5 Å². The second kappa shape index (κ2) is 10.5. The van der Waals surface area contributed by atoms with Crippen LogP contribution < -0.4 is 10.6 Å². The van der Waals surface area contributed by atoms with E-state index in [0.29, 0.717) is 37.0 Å². The number of nitrogens with one attached hydrogen (secondary N) is 2. The minimum atomic E-state index is -3.39. The molecule has 0 aliphatic carbocycles. The largest absolute Gasteiger partial charge is 0.355 e. The minimum absolute atomic E-state index is 0.358. The highest BCUT2D eigenvalue weighted by atomic mass is 32.2. The standard InChI is InChI=1S/C20H31N7O2S/c1-3-19-25-24-16-26(19)14-11-22-20(21-2)23-15-17-7-9-18(10-8-17)30(28,29)27-12-5-4-6-13-27/h7-10,16H,3-6,11-15H2,1-2H3,(H2,21,22,23). The first-order valence-corrected chi connectivity index (χ1v) is 11.9. The first-order chi connectivity index (χ1) is 14.5. The van der Waals surface area contributed by atoms with Crippen molar-refractivity contribution in [2.45, 2.75) is 50.6 Å². The Bertz CT molecular complexity index is 932. The lowest BCUT2D eigenvalue weighted by Gasteiger charge is -2.25. The molecule has 1 aliphatic rings. The monoisotopic (exact) mass is 433 g/mol. The molecule has 164 valence electrons. The van der Waals surface area contributed by atoms with Gasteiger partial charge < -0.3 is 15.2 Å². The molecule has 2 aromatic rings. The molecule has 0 radical (unpaired) electrons. The van der Waals surface area contributed by atoms with Crippen LogP contribution in [0.25, 0.3) is 0 Å². The van der Waals surface area contributed by atoms with E-state index in [9.17, 15) is 8.42 Å². The number of hydrogen-bond donors (Lipinski definition) is 2. The summed E-state index contributed by atoms with van der Waals surface area (Å²) in [7, 11) is -1.67. The highest BCUT2D eigenvalue weighted by molar-refractivity contribution is 7.89. The average molecular weight is 434 g/mol. The number of aliphatic imine (C=N–C) groups is 1. The van der Waals surface area contributed by atoms with Crippen molar-refractivity contribution in [3.05, 3.63) is 42.0 Å². The highest BCUT2D eigenvalue weighted by Gasteiger charge is 2.25. The van der Waals surface area contributed by atoms with E-state index >= 15 is 0 Å².